The van der Waals surface area contributed by atoms with E-state index in [9.17, 15) is 0 Å². The maximum absolute atomic E-state index is 2.12. The summed E-state index contributed by atoms with van der Waals surface area (Å²) >= 11 is 0. The Kier molecular flexibility index (Phi) is 9.83. The molecule has 0 atom stereocenters. The molecule has 0 aliphatic rings. The van der Waals surface area contributed by atoms with Crippen LogP contribution >= 0.6 is 0 Å². The molecule has 62 valence electrons. The Bertz CT molecular complexity index is 144. The van der Waals surface area contributed by atoms with Crippen molar-refractivity contribution in [2.45, 2.75) is 27.7 Å². The van der Waals surface area contributed by atoms with Crippen LogP contribution in [-0.2, 0) is 21.1 Å². The van der Waals surface area contributed by atoms with Crippen molar-refractivity contribution >= 4 is 0 Å². The number of rotatable bonds is 0. The van der Waals surface area contributed by atoms with E-state index in [2.05, 4.69) is 38.1 Å². The zero-order chi connectivity index (χ0) is 7.98. The summed E-state index contributed by atoms with van der Waals surface area (Å²) in [6, 6.07) is 8.48. The fourth-order valence-corrected chi connectivity index (χ4v) is 0.637. The van der Waals surface area contributed by atoms with E-state index in [1.54, 1.807) is 0 Å². The molecule has 1 aromatic rings. The van der Waals surface area contributed by atoms with E-state index in [1.807, 2.05) is 13.8 Å². The van der Waals surface area contributed by atoms with Crippen molar-refractivity contribution in [3.05, 3.63) is 35.4 Å². The maximum atomic E-state index is 2.12. The predicted octanol–water partition coefficient (Wildman–Crippen LogP) is 3.33. The molecule has 0 aliphatic carbocycles. The Hall–Kier alpha value is -0.0917. The van der Waals surface area contributed by atoms with E-state index < -0.39 is 0 Å². The number of aryl methyl sites for hydroxylation is 2. The van der Waals surface area contributed by atoms with Crippen LogP contribution in [0.3, 0.4) is 0 Å². The summed E-state index contributed by atoms with van der Waals surface area (Å²) in [6.07, 6.45) is 0. The van der Waals surface area contributed by atoms with Gasteiger partial charge in [-0.15, -0.1) is 0 Å². The van der Waals surface area contributed by atoms with Crippen molar-refractivity contribution in [2.24, 2.45) is 0 Å². The Labute approximate surface area is 84.3 Å². The van der Waals surface area contributed by atoms with Crippen molar-refractivity contribution in [2.75, 3.05) is 0 Å². The van der Waals surface area contributed by atoms with Gasteiger partial charge in [-0.2, -0.15) is 0 Å². The molecule has 1 aromatic carbocycles. The molecule has 0 unspecified atom stereocenters. The Morgan fingerprint density at radius 1 is 0.727 bits per heavy atom. The van der Waals surface area contributed by atoms with E-state index in [1.165, 1.54) is 11.1 Å². The van der Waals surface area contributed by atoms with Crippen molar-refractivity contribution in [1.82, 2.24) is 0 Å². The van der Waals surface area contributed by atoms with Gasteiger partial charge in [0, 0.05) is 21.1 Å². The third kappa shape index (κ3) is 6.31. The molecule has 0 spiro atoms. The summed E-state index contributed by atoms with van der Waals surface area (Å²) in [6.45, 7) is 8.19. The van der Waals surface area contributed by atoms with Crippen LogP contribution in [0, 0.1) is 13.8 Å². The molecule has 0 fully saturated rings. The number of hydrogen-bond donors (Lipinski definition) is 0. The van der Waals surface area contributed by atoms with Gasteiger partial charge in [0.05, 0.1) is 0 Å². The molecule has 0 saturated heterocycles. The molecular weight excluding hydrogens is 304 g/mol. The van der Waals surface area contributed by atoms with Gasteiger partial charge in [-0.05, 0) is 13.8 Å². The molecular formula is C10H16W. The van der Waals surface area contributed by atoms with E-state index in [0.717, 1.165) is 0 Å². The Balaban J connectivity index is 0. The van der Waals surface area contributed by atoms with Crippen LogP contribution in [0.15, 0.2) is 24.3 Å². The average molecular weight is 320 g/mol. The average Bonchev–Trinajstić information content (AvgIpc) is 2.00. The molecule has 11 heavy (non-hydrogen) atoms. The molecule has 0 N–H and O–H groups in total. The normalized spacial score (nSPS) is 7.27. The first-order valence-electron chi connectivity index (χ1n) is 3.82. The molecule has 0 heterocycles. The predicted molar refractivity (Wildman–Crippen MR) is 47.3 cm³/mol. The smallest absolute Gasteiger partial charge is 0 e. The quantitative estimate of drug-likeness (QED) is 0.688. The summed E-state index contributed by atoms with van der Waals surface area (Å²) in [5.41, 5.74) is 2.66. The summed E-state index contributed by atoms with van der Waals surface area (Å²) in [5, 5.41) is 0. The van der Waals surface area contributed by atoms with Crippen LogP contribution in [-0.4, -0.2) is 0 Å². The monoisotopic (exact) mass is 320 g/mol. The van der Waals surface area contributed by atoms with Crippen LogP contribution in [0.25, 0.3) is 0 Å². The van der Waals surface area contributed by atoms with Crippen molar-refractivity contribution in [3.63, 3.8) is 0 Å². The second-order valence-electron chi connectivity index (χ2n) is 2.15. The van der Waals surface area contributed by atoms with Crippen LogP contribution in [0.5, 0.6) is 0 Å². The van der Waals surface area contributed by atoms with Crippen LogP contribution in [0.2, 0.25) is 0 Å². The van der Waals surface area contributed by atoms with E-state index in [4.69, 9.17) is 0 Å². The first-order valence-corrected chi connectivity index (χ1v) is 3.82. The molecule has 1 heteroatoms. The maximum Gasteiger partial charge on any atom is 0 e. The van der Waals surface area contributed by atoms with Crippen LogP contribution < -0.4 is 0 Å². The molecule has 0 bridgehead atoms. The van der Waals surface area contributed by atoms with E-state index in [0.29, 0.717) is 0 Å². The first kappa shape index (κ1) is 13.5. The van der Waals surface area contributed by atoms with Gasteiger partial charge in [0.15, 0.2) is 0 Å². The van der Waals surface area contributed by atoms with Gasteiger partial charge < -0.3 is 0 Å². The van der Waals surface area contributed by atoms with Crippen LogP contribution in [0.4, 0.5) is 0 Å². The molecule has 0 nitrogen and oxygen atoms in total. The van der Waals surface area contributed by atoms with Gasteiger partial charge in [0.2, 0.25) is 0 Å². The van der Waals surface area contributed by atoms with E-state index in [-0.39, 0.29) is 21.1 Å². The minimum atomic E-state index is 0. The number of hydrogen-bond acceptors (Lipinski definition) is 0. The van der Waals surface area contributed by atoms with Crippen molar-refractivity contribution in [1.29, 1.82) is 0 Å². The van der Waals surface area contributed by atoms with Gasteiger partial charge in [0.1, 0.15) is 0 Å². The van der Waals surface area contributed by atoms with Crippen LogP contribution in [0.1, 0.15) is 25.0 Å². The molecule has 0 amide bonds. The van der Waals surface area contributed by atoms with Crippen molar-refractivity contribution < 1.29 is 21.1 Å². The van der Waals surface area contributed by atoms with Crippen molar-refractivity contribution in [3.8, 4) is 0 Å². The minimum absolute atomic E-state index is 0. The molecule has 0 aromatic heterocycles. The largest absolute Gasteiger partial charge is 0.0683 e. The minimum Gasteiger partial charge on any atom is -0.0683 e. The molecule has 1 rings (SSSR count). The summed E-state index contributed by atoms with van der Waals surface area (Å²) < 4.78 is 0. The fourth-order valence-electron chi connectivity index (χ4n) is 0.637. The number of benzene rings is 1. The van der Waals surface area contributed by atoms with E-state index >= 15 is 0 Å². The van der Waals surface area contributed by atoms with Gasteiger partial charge in [-0.3, -0.25) is 0 Å². The SMILES string of the molecule is CC.Cc1ccc(C)cc1.[W]. The summed E-state index contributed by atoms with van der Waals surface area (Å²) in [5.74, 6) is 0. The third-order valence-electron chi connectivity index (χ3n) is 1.22. The second-order valence-corrected chi connectivity index (χ2v) is 2.15. The summed E-state index contributed by atoms with van der Waals surface area (Å²) in [4.78, 5) is 0. The summed E-state index contributed by atoms with van der Waals surface area (Å²) in [7, 11) is 0. The Morgan fingerprint density at radius 3 is 1.09 bits per heavy atom. The topological polar surface area (TPSA) is 0 Å². The van der Waals surface area contributed by atoms with Gasteiger partial charge in [-0.25, -0.2) is 0 Å². The van der Waals surface area contributed by atoms with Gasteiger partial charge in [-0.1, -0.05) is 49.2 Å². The molecule has 0 saturated carbocycles. The first-order chi connectivity index (χ1) is 4.79. The molecule has 0 aliphatic heterocycles. The zero-order valence-electron chi connectivity index (χ0n) is 7.72. The standard InChI is InChI=1S/C8H10.C2H6.W/c1-7-3-5-8(2)6-4-7;1-2;/h3-6H,1-2H3;1-2H3;. The fraction of sp³-hybridized carbons (Fsp3) is 0.400. The molecule has 0 radical (unpaired) electrons. The third-order valence-corrected chi connectivity index (χ3v) is 1.22. The van der Waals surface area contributed by atoms with Gasteiger partial charge >= 0.3 is 0 Å². The second kappa shape index (κ2) is 8.01. The van der Waals surface area contributed by atoms with Gasteiger partial charge in [0.25, 0.3) is 0 Å². The Morgan fingerprint density at radius 2 is 0.909 bits per heavy atom. The zero-order valence-corrected chi connectivity index (χ0v) is 10.7.